The van der Waals surface area contributed by atoms with Gasteiger partial charge in [-0.25, -0.2) is 0 Å². The summed E-state index contributed by atoms with van der Waals surface area (Å²) in [5.74, 6) is -0.180. The van der Waals surface area contributed by atoms with Crippen LogP contribution in [0.5, 0.6) is 5.75 Å². The number of fused-ring (bicyclic) bond motifs is 3. The predicted molar refractivity (Wildman–Crippen MR) is 178 cm³/mol. The molecule has 0 saturated carbocycles. The average Bonchev–Trinajstić information content (AvgIpc) is 3.79. The highest BCUT2D eigenvalue weighted by atomic mass is 32.2. The largest absolute Gasteiger partial charge is 0.496 e. The third kappa shape index (κ3) is 6.58. The quantitative estimate of drug-likeness (QED) is 0.177. The van der Waals surface area contributed by atoms with Crippen LogP contribution in [0.3, 0.4) is 0 Å². The van der Waals surface area contributed by atoms with E-state index in [0.717, 1.165) is 21.8 Å². The number of Topliss-reactive ketones (excluding diaryl/α,β-unsaturated/α-hetero) is 1. The van der Waals surface area contributed by atoms with E-state index in [4.69, 9.17) is 4.74 Å². The monoisotopic (exact) mass is 624 g/mol. The number of hydrogen-bond donors (Lipinski definition) is 4. The first-order valence-corrected chi connectivity index (χ1v) is 16.0. The van der Waals surface area contributed by atoms with Gasteiger partial charge in [0.15, 0.2) is 0 Å². The number of nitrogens with one attached hydrogen (secondary N) is 4. The van der Waals surface area contributed by atoms with Gasteiger partial charge in [0.05, 0.1) is 29.6 Å². The van der Waals surface area contributed by atoms with E-state index >= 15 is 0 Å². The van der Waals surface area contributed by atoms with Crippen molar-refractivity contribution >= 4 is 56.2 Å². The number of hydrogen-bond acceptors (Lipinski definition) is 7. The second-order valence-corrected chi connectivity index (χ2v) is 12.9. The van der Waals surface area contributed by atoms with E-state index in [9.17, 15) is 14.4 Å². The number of thioether (sulfide) groups is 1. The Bertz CT molecular complexity index is 1840. The molecule has 4 aromatic rings. The van der Waals surface area contributed by atoms with Crippen molar-refractivity contribution in [3.63, 3.8) is 0 Å². The van der Waals surface area contributed by atoms with Gasteiger partial charge in [0.1, 0.15) is 28.6 Å². The van der Waals surface area contributed by atoms with Crippen molar-refractivity contribution in [1.82, 2.24) is 25.8 Å². The van der Waals surface area contributed by atoms with Crippen LogP contribution < -0.4 is 15.4 Å². The van der Waals surface area contributed by atoms with E-state index in [0.29, 0.717) is 40.9 Å². The van der Waals surface area contributed by atoms with Gasteiger partial charge in [-0.1, -0.05) is 74.2 Å². The summed E-state index contributed by atoms with van der Waals surface area (Å²) in [7, 11) is 1.58. The zero-order valence-electron chi connectivity index (χ0n) is 25.4. The normalized spacial score (nSPS) is 18.5. The van der Waals surface area contributed by atoms with Crippen molar-refractivity contribution in [2.75, 3.05) is 7.11 Å². The Kier molecular flexibility index (Phi) is 8.88. The molecule has 6 rings (SSSR count). The van der Waals surface area contributed by atoms with Crippen LogP contribution in [0.4, 0.5) is 0 Å². The van der Waals surface area contributed by atoms with Crippen molar-refractivity contribution in [1.29, 1.82) is 0 Å². The fourth-order valence-corrected chi connectivity index (χ4v) is 6.81. The summed E-state index contributed by atoms with van der Waals surface area (Å²) in [5, 5.41) is 15.5. The van der Waals surface area contributed by atoms with Crippen LogP contribution in [0.25, 0.3) is 21.8 Å². The minimum absolute atomic E-state index is 0.0459. The smallest absolute Gasteiger partial charge is 0.268 e. The van der Waals surface area contributed by atoms with E-state index in [1.807, 2.05) is 66.8 Å². The fraction of sp³-hybridized carbons (Fsp3) is 0.324. The molecule has 0 radical (unpaired) electrons. The number of benzene rings is 2. The molecule has 4 atom stereocenters. The van der Waals surface area contributed by atoms with E-state index in [1.54, 1.807) is 13.2 Å². The highest BCUT2D eigenvalue weighted by Gasteiger charge is 2.36. The standard InChI is InChI=1S/C34H36N6O4S/c1-19(2)15-16-25(36-33(43)28-17-21-22(35-28)12-8-13-29(21)44-3)32(42)37-27(18-26-20-9-4-5-10-23(20)39-40-26)31(41)34-38-24-11-6-7-14-30(24)45-34/h4-14,17,19,24-25,27,30,35H,15-16,18H2,1-3H3,(H,36,43)(H,37,42)(H,39,40)/t24?,25-,27-,30?/m0/s1. The van der Waals surface area contributed by atoms with Crippen LogP contribution in [0.1, 0.15) is 42.9 Å². The van der Waals surface area contributed by atoms with E-state index in [1.165, 1.54) is 11.8 Å². The fourth-order valence-electron chi connectivity index (χ4n) is 5.65. The molecule has 232 valence electrons. The molecule has 0 saturated heterocycles. The van der Waals surface area contributed by atoms with Crippen LogP contribution in [-0.4, -0.2) is 68.3 Å². The molecule has 2 aromatic heterocycles. The molecular formula is C34H36N6O4S. The molecule has 2 amide bonds. The summed E-state index contributed by atoms with van der Waals surface area (Å²) in [6, 6.07) is 13.0. The molecule has 0 bridgehead atoms. The molecule has 2 aromatic carbocycles. The number of nitrogens with zero attached hydrogens (tertiary/aromatic N) is 2. The summed E-state index contributed by atoms with van der Waals surface area (Å²) in [4.78, 5) is 49.3. The summed E-state index contributed by atoms with van der Waals surface area (Å²) in [6.45, 7) is 4.13. The predicted octanol–water partition coefficient (Wildman–Crippen LogP) is 4.89. The number of rotatable bonds is 12. The Morgan fingerprint density at radius 2 is 1.76 bits per heavy atom. The van der Waals surface area contributed by atoms with Gasteiger partial charge in [0.25, 0.3) is 5.91 Å². The highest BCUT2D eigenvalue weighted by Crippen LogP contribution is 2.32. The van der Waals surface area contributed by atoms with Crippen molar-refractivity contribution in [3.05, 3.63) is 84.2 Å². The van der Waals surface area contributed by atoms with Crippen LogP contribution in [0.2, 0.25) is 0 Å². The van der Waals surface area contributed by atoms with Gasteiger partial charge in [-0.2, -0.15) is 5.10 Å². The molecule has 1 aliphatic heterocycles. The maximum absolute atomic E-state index is 14.0. The summed E-state index contributed by atoms with van der Waals surface area (Å²) in [5.41, 5.74) is 2.57. The number of para-hydroxylation sites is 1. The highest BCUT2D eigenvalue weighted by molar-refractivity contribution is 8.16. The first kappa shape index (κ1) is 30.4. The van der Waals surface area contributed by atoms with E-state index < -0.39 is 23.9 Å². The molecule has 2 aliphatic rings. The third-order valence-corrected chi connectivity index (χ3v) is 9.34. The molecule has 45 heavy (non-hydrogen) atoms. The number of allylic oxidation sites excluding steroid dienone is 2. The van der Waals surface area contributed by atoms with Crippen LogP contribution in [0, 0.1) is 5.92 Å². The number of aliphatic imine (C=N–C) groups is 1. The summed E-state index contributed by atoms with van der Waals surface area (Å²) < 4.78 is 5.44. The topological polar surface area (TPSA) is 141 Å². The Morgan fingerprint density at radius 1 is 0.956 bits per heavy atom. The number of carbonyl (C=O) groups excluding carboxylic acids is 3. The summed E-state index contributed by atoms with van der Waals surface area (Å²) in [6.07, 6.45) is 9.17. The number of aromatic nitrogens is 3. The molecular weight excluding hydrogens is 588 g/mol. The van der Waals surface area contributed by atoms with Gasteiger partial charge in [-0.15, -0.1) is 0 Å². The van der Waals surface area contributed by atoms with Crippen molar-refractivity contribution in [2.24, 2.45) is 10.9 Å². The van der Waals surface area contributed by atoms with Crippen LogP contribution in [0.15, 0.2) is 77.8 Å². The number of ether oxygens (including phenoxy) is 1. The zero-order valence-corrected chi connectivity index (χ0v) is 26.2. The van der Waals surface area contributed by atoms with Gasteiger partial charge in [0, 0.05) is 22.7 Å². The van der Waals surface area contributed by atoms with E-state index in [-0.39, 0.29) is 23.5 Å². The SMILES string of the molecule is COc1cccc2[nH]c(C(=O)N[C@@H](CCC(C)C)C(=O)N[C@@H](Cc3n[nH]c4ccccc34)C(=O)C3=NC4C=CC=CC4S3)cc12. The molecule has 0 fully saturated rings. The maximum Gasteiger partial charge on any atom is 0.268 e. The van der Waals surface area contributed by atoms with Gasteiger partial charge >= 0.3 is 0 Å². The first-order valence-electron chi connectivity index (χ1n) is 15.1. The number of H-pyrrole nitrogens is 2. The molecule has 3 heterocycles. The van der Waals surface area contributed by atoms with Gasteiger partial charge < -0.3 is 20.4 Å². The molecule has 0 spiro atoms. The molecule has 2 unspecified atom stereocenters. The minimum Gasteiger partial charge on any atom is -0.496 e. The summed E-state index contributed by atoms with van der Waals surface area (Å²) >= 11 is 1.41. The van der Waals surface area contributed by atoms with Crippen molar-refractivity contribution in [2.45, 2.75) is 56.5 Å². The lowest BCUT2D eigenvalue weighted by Gasteiger charge is -2.23. The maximum atomic E-state index is 14.0. The Hall–Kier alpha value is -4.64. The lowest BCUT2D eigenvalue weighted by Crippen LogP contribution is -2.53. The van der Waals surface area contributed by atoms with Gasteiger partial charge in [-0.05, 0) is 43.0 Å². The Balaban J connectivity index is 1.26. The third-order valence-electron chi connectivity index (χ3n) is 8.10. The second kappa shape index (κ2) is 13.2. The first-order chi connectivity index (χ1) is 21.8. The lowest BCUT2D eigenvalue weighted by atomic mass is 10.0. The second-order valence-electron chi connectivity index (χ2n) is 11.7. The molecule has 4 N–H and O–H groups in total. The van der Waals surface area contributed by atoms with Gasteiger partial charge in [0.2, 0.25) is 11.7 Å². The molecule has 11 heteroatoms. The average molecular weight is 625 g/mol. The van der Waals surface area contributed by atoms with E-state index in [2.05, 4.69) is 44.7 Å². The number of amides is 2. The van der Waals surface area contributed by atoms with Crippen molar-refractivity contribution in [3.8, 4) is 5.75 Å². The van der Waals surface area contributed by atoms with Gasteiger partial charge in [-0.3, -0.25) is 24.5 Å². The number of ketones is 1. The minimum atomic E-state index is -0.931. The number of methoxy groups -OCH3 is 1. The van der Waals surface area contributed by atoms with Crippen LogP contribution in [-0.2, 0) is 16.0 Å². The number of carbonyl (C=O) groups is 3. The molecule has 10 nitrogen and oxygen atoms in total. The Morgan fingerprint density at radius 3 is 2.56 bits per heavy atom. The van der Waals surface area contributed by atoms with Crippen molar-refractivity contribution < 1.29 is 19.1 Å². The molecule has 1 aliphatic carbocycles. The lowest BCUT2D eigenvalue weighted by molar-refractivity contribution is -0.126. The number of aromatic amines is 2. The Labute approximate surface area is 265 Å². The van der Waals surface area contributed by atoms with Crippen LogP contribution >= 0.6 is 11.8 Å². The zero-order chi connectivity index (χ0) is 31.5.